The summed E-state index contributed by atoms with van der Waals surface area (Å²) in [4.78, 5) is 48.5. The molecule has 3 unspecified atom stereocenters. The highest BCUT2D eigenvalue weighted by Gasteiger charge is 2.28. The van der Waals surface area contributed by atoms with Gasteiger partial charge in [0.15, 0.2) is 6.10 Å². The number of rotatable bonds is 56. The summed E-state index contributed by atoms with van der Waals surface area (Å²) in [7, 11) is -4.74. The van der Waals surface area contributed by atoms with Crippen molar-refractivity contribution in [3.05, 3.63) is 36.5 Å². The van der Waals surface area contributed by atoms with E-state index in [9.17, 15) is 28.9 Å². The van der Waals surface area contributed by atoms with Crippen LogP contribution < -0.4 is 0 Å². The number of hydrogen-bond acceptors (Lipinski definition) is 10. The van der Waals surface area contributed by atoms with Crippen LogP contribution in [0.15, 0.2) is 36.5 Å². The molecule has 0 aromatic rings. The van der Waals surface area contributed by atoms with Gasteiger partial charge in [0.1, 0.15) is 12.7 Å². The zero-order valence-corrected chi connectivity index (χ0v) is 47.6. The second kappa shape index (κ2) is 54.9. The molecule has 0 spiro atoms. The van der Waals surface area contributed by atoms with Gasteiger partial charge in [-0.3, -0.25) is 23.4 Å². The van der Waals surface area contributed by atoms with Gasteiger partial charge in [-0.2, -0.15) is 0 Å². The third-order valence-electron chi connectivity index (χ3n) is 13.1. The zero-order chi connectivity index (χ0) is 52.7. The van der Waals surface area contributed by atoms with Crippen molar-refractivity contribution in [1.29, 1.82) is 0 Å². The van der Waals surface area contributed by atoms with Crippen LogP contribution in [-0.4, -0.2) is 66.5 Å². The highest BCUT2D eigenvalue weighted by molar-refractivity contribution is 7.47. The third-order valence-corrected chi connectivity index (χ3v) is 14.0. The summed E-state index contributed by atoms with van der Waals surface area (Å²) < 4.78 is 39.5. The van der Waals surface area contributed by atoms with E-state index in [0.717, 1.165) is 89.9 Å². The molecule has 3 atom stereocenters. The van der Waals surface area contributed by atoms with E-state index in [1.807, 2.05) is 0 Å². The van der Waals surface area contributed by atoms with E-state index in [4.69, 9.17) is 23.3 Å². The Hall–Kier alpha value is -2.30. The SMILES string of the molecule is CC/C=C\C/C=C\C/C=C\CCCCCCCCCC(=O)OC(COC(=O)CCCCCCCCCCCCCCCCCCC)COP(=O)(O)OCC(CO)OC(=O)CCCCCCCCCCCCC. The molecule has 12 heteroatoms. The molecule has 0 aromatic carbocycles. The van der Waals surface area contributed by atoms with Crippen molar-refractivity contribution >= 4 is 25.7 Å². The summed E-state index contributed by atoms with van der Waals surface area (Å²) in [6, 6.07) is 0. The summed E-state index contributed by atoms with van der Waals surface area (Å²) in [6.07, 6.45) is 56.7. The van der Waals surface area contributed by atoms with E-state index < -0.39 is 57.8 Å². The van der Waals surface area contributed by atoms with E-state index in [-0.39, 0.29) is 25.9 Å². The highest BCUT2D eigenvalue weighted by Crippen LogP contribution is 2.43. The van der Waals surface area contributed by atoms with Crippen molar-refractivity contribution in [2.45, 2.75) is 303 Å². The Kier molecular flexibility index (Phi) is 53.2. The molecule has 0 fully saturated rings. The molecule has 0 aliphatic rings. The lowest BCUT2D eigenvalue weighted by Gasteiger charge is -2.21. The van der Waals surface area contributed by atoms with Crippen LogP contribution in [0.4, 0.5) is 0 Å². The Morgan fingerprint density at radius 2 is 0.722 bits per heavy atom. The van der Waals surface area contributed by atoms with Crippen LogP contribution in [0.2, 0.25) is 0 Å². The zero-order valence-electron chi connectivity index (χ0n) is 46.7. The van der Waals surface area contributed by atoms with Crippen LogP contribution in [0.25, 0.3) is 0 Å². The Balaban J connectivity index is 4.69. The van der Waals surface area contributed by atoms with Gasteiger partial charge >= 0.3 is 25.7 Å². The predicted octanol–water partition coefficient (Wildman–Crippen LogP) is 17.6. The average molecular weight is 1040 g/mol. The molecule has 0 radical (unpaired) electrons. The standard InChI is InChI=1S/C60H111O11P/c1-4-7-10-13-16-19-22-24-26-28-30-32-35-37-40-43-46-49-58(62)67-53-57(71-60(64)51-48-45-42-39-36-33-31-29-27-25-23-20-17-14-11-8-5-2)55-69-72(65,66)68-54-56(52-61)70-59(63)50-47-44-41-38-34-21-18-15-12-9-6-3/h8,11,17,20,25,27,56-57,61H,4-7,9-10,12-16,18-19,21-24,26,28-55H2,1-3H3,(H,65,66)/b11-8-,20-17-,27-25-. The van der Waals surface area contributed by atoms with Crippen LogP contribution in [0.3, 0.4) is 0 Å². The number of aliphatic hydroxyl groups is 1. The number of unbranched alkanes of at least 4 members (excludes halogenated alkanes) is 33. The molecule has 0 aromatic heterocycles. The third kappa shape index (κ3) is 52.6. The molecule has 72 heavy (non-hydrogen) atoms. The number of carbonyl (C=O) groups excluding carboxylic acids is 3. The van der Waals surface area contributed by atoms with Gasteiger partial charge in [-0.15, -0.1) is 0 Å². The van der Waals surface area contributed by atoms with E-state index in [2.05, 4.69) is 57.2 Å². The number of ether oxygens (including phenoxy) is 3. The fraction of sp³-hybridized carbons (Fsp3) is 0.850. The Morgan fingerprint density at radius 1 is 0.403 bits per heavy atom. The van der Waals surface area contributed by atoms with Crippen molar-refractivity contribution in [3.63, 3.8) is 0 Å². The molecule has 2 N–H and O–H groups in total. The second-order valence-corrected chi connectivity index (χ2v) is 21.6. The van der Waals surface area contributed by atoms with Gasteiger partial charge in [-0.1, -0.05) is 256 Å². The normalized spacial score (nSPS) is 13.6. The van der Waals surface area contributed by atoms with E-state index >= 15 is 0 Å². The Morgan fingerprint density at radius 3 is 1.11 bits per heavy atom. The van der Waals surface area contributed by atoms with Crippen LogP contribution in [0, 0.1) is 0 Å². The lowest BCUT2D eigenvalue weighted by Crippen LogP contribution is -2.30. The maximum absolute atomic E-state index is 12.9. The summed E-state index contributed by atoms with van der Waals surface area (Å²) in [5.74, 6) is -1.45. The fourth-order valence-corrected chi connectivity index (χ4v) is 9.33. The fourth-order valence-electron chi connectivity index (χ4n) is 8.55. The van der Waals surface area contributed by atoms with Crippen LogP contribution in [-0.2, 0) is 42.2 Å². The smallest absolute Gasteiger partial charge is 0.462 e. The van der Waals surface area contributed by atoms with Crippen molar-refractivity contribution in [1.82, 2.24) is 0 Å². The predicted molar refractivity (Wildman–Crippen MR) is 298 cm³/mol. The van der Waals surface area contributed by atoms with Gasteiger partial charge < -0.3 is 24.2 Å². The van der Waals surface area contributed by atoms with E-state index in [1.165, 1.54) is 141 Å². The van der Waals surface area contributed by atoms with E-state index in [1.54, 1.807) is 0 Å². The second-order valence-electron chi connectivity index (χ2n) is 20.1. The van der Waals surface area contributed by atoms with Crippen LogP contribution in [0.1, 0.15) is 290 Å². The largest absolute Gasteiger partial charge is 0.472 e. The molecule has 0 saturated carbocycles. The number of aliphatic hydroxyl groups excluding tert-OH is 1. The molecule has 0 saturated heterocycles. The molecule has 0 aliphatic carbocycles. The number of allylic oxidation sites excluding steroid dienone is 6. The monoisotopic (exact) mass is 1040 g/mol. The van der Waals surface area contributed by atoms with Gasteiger partial charge in [0, 0.05) is 19.3 Å². The quantitative estimate of drug-likeness (QED) is 0.0197. The lowest BCUT2D eigenvalue weighted by molar-refractivity contribution is -0.161. The van der Waals surface area contributed by atoms with Crippen molar-refractivity contribution in [3.8, 4) is 0 Å². The first-order valence-corrected chi connectivity index (χ1v) is 31.4. The minimum atomic E-state index is -4.74. The lowest BCUT2D eigenvalue weighted by atomic mass is 10.0. The molecule has 422 valence electrons. The molecular weight excluding hydrogens is 928 g/mol. The molecule has 0 aliphatic heterocycles. The minimum Gasteiger partial charge on any atom is -0.462 e. The molecular formula is C60H111O11P. The molecule has 0 bridgehead atoms. The number of phosphoric acid groups is 1. The van der Waals surface area contributed by atoms with Gasteiger partial charge in [0.25, 0.3) is 0 Å². The number of esters is 3. The molecule has 0 amide bonds. The topological polar surface area (TPSA) is 155 Å². The first kappa shape index (κ1) is 69.7. The van der Waals surface area contributed by atoms with Crippen molar-refractivity contribution < 1.29 is 52.2 Å². The maximum Gasteiger partial charge on any atom is 0.472 e. The Labute approximate surface area is 441 Å². The minimum absolute atomic E-state index is 0.161. The number of phosphoric ester groups is 1. The average Bonchev–Trinajstić information content (AvgIpc) is 3.37. The number of hydrogen-bond donors (Lipinski definition) is 2. The summed E-state index contributed by atoms with van der Waals surface area (Å²) in [5, 5.41) is 9.80. The first-order valence-electron chi connectivity index (χ1n) is 29.9. The van der Waals surface area contributed by atoms with Crippen LogP contribution in [0.5, 0.6) is 0 Å². The summed E-state index contributed by atoms with van der Waals surface area (Å²) >= 11 is 0. The van der Waals surface area contributed by atoms with Crippen molar-refractivity contribution in [2.75, 3.05) is 26.4 Å². The molecule has 11 nitrogen and oxygen atoms in total. The van der Waals surface area contributed by atoms with Gasteiger partial charge in [0.05, 0.1) is 19.8 Å². The van der Waals surface area contributed by atoms with Crippen molar-refractivity contribution in [2.24, 2.45) is 0 Å². The van der Waals surface area contributed by atoms with Gasteiger partial charge in [0.2, 0.25) is 0 Å². The maximum atomic E-state index is 12.9. The van der Waals surface area contributed by atoms with E-state index in [0.29, 0.717) is 19.3 Å². The number of carbonyl (C=O) groups is 3. The van der Waals surface area contributed by atoms with Gasteiger partial charge in [-0.25, -0.2) is 4.57 Å². The first-order chi connectivity index (χ1) is 35.2. The summed E-state index contributed by atoms with van der Waals surface area (Å²) in [5.41, 5.74) is 0. The highest BCUT2D eigenvalue weighted by atomic mass is 31.2. The molecule has 0 heterocycles. The summed E-state index contributed by atoms with van der Waals surface area (Å²) in [6.45, 7) is 4.56. The van der Waals surface area contributed by atoms with Gasteiger partial charge in [-0.05, 0) is 51.4 Å². The Bertz CT molecular complexity index is 1350. The van der Waals surface area contributed by atoms with Crippen LogP contribution >= 0.6 is 7.82 Å². The molecule has 0 rings (SSSR count).